The Morgan fingerprint density at radius 3 is 2.25 bits per heavy atom. The molecular formula is C10H15N2Na2O9P. The summed E-state index contributed by atoms with van der Waals surface area (Å²) in [7, 11) is -5.05. The first-order chi connectivity index (χ1) is 10.2. The summed E-state index contributed by atoms with van der Waals surface area (Å²) in [5, 5.41) is 27.9. The minimum absolute atomic E-state index is 0. The third kappa shape index (κ3) is 8.86. The Hall–Kier alpha value is 0.670. The van der Waals surface area contributed by atoms with Gasteiger partial charge in [-0.15, -0.1) is 0 Å². The molecule has 14 heteroatoms. The average molecular weight is 384 g/mol. The number of hydrogen-bond donors (Lipinski definition) is 4. The molecule has 0 bridgehead atoms. The van der Waals surface area contributed by atoms with Gasteiger partial charge in [0, 0.05) is 18.4 Å². The number of aliphatic hydroxyl groups excluding tert-OH is 3. The van der Waals surface area contributed by atoms with Gasteiger partial charge in [0.05, 0.1) is 19.3 Å². The van der Waals surface area contributed by atoms with Crippen LogP contribution in [0.5, 0.6) is 0 Å². The molecule has 11 nitrogen and oxygen atoms in total. The van der Waals surface area contributed by atoms with Crippen LogP contribution in [0.4, 0.5) is 0 Å². The molecule has 1 aromatic rings. The fraction of sp³-hybridized carbons (Fsp3) is 0.600. The standard InChI is InChI=1S/C10H17N2O9P.2Na/c13-3-7(6(15)5-22(18,19)20)21-9(4-14)12-2-1-8(16)11-10(12)17;;/h1-2,6-7,9,13-15H,3-5H2,(H,11,16,17)(H2,18,19,20);;/q;2*+1/p-2/t6-,7+,9-;;/m1../s1. The summed E-state index contributed by atoms with van der Waals surface area (Å²) in [6, 6.07) is 0.973. The molecule has 126 valence electrons. The fourth-order valence-corrected chi connectivity index (χ4v) is 2.35. The van der Waals surface area contributed by atoms with Crippen LogP contribution in [0.2, 0.25) is 0 Å². The molecule has 0 amide bonds. The van der Waals surface area contributed by atoms with Gasteiger partial charge in [-0.2, -0.15) is 0 Å². The van der Waals surface area contributed by atoms with Crippen molar-refractivity contribution in [3.63, 3.8) is 0 Å². The Kier molecular flexibility index (Phi) is 13.6. The Balaban J connectivity index is 0. The van der Waals surface area contributed by atoms with Crippen LogP contribution >= 0.6 is 7.60 Å². The molecule has 0 saturated heterocycles. The van der Waals surface area contributed by atoms with Crippen molar-refractivity contribution in [2.24, 2.45) is 0 Å². The number of rotatable bonds is 8. The number of aliphatic hydroxyl groups is 3. The fourth-order valence-electron chi connectivity index (χ4n) is 1.65. The normalized spacial score (nSPS) is 14.9. The zero-order chi connectivity index (χ0) is 16.9. The van der Waals surface area contributed by atoms with Crippen molar-refractivity contribution in [2.45, 2.75) is 18.4 Å². The van der Waals surface area contributed by atoms with Gasteiger partial charge in [0.25, 0.3) is 5.56 Å². The summed E-state index contributed by atoms with van der Waals surface area (Å²) in [5.41, 5.74) is -1.61. The summed E-state index contributed by atoms with van der Waals surface area (Å²) in [6.07, 6.45) is -4.97. The van der Waals surface area contributed by atoms with Crippen LogP contribution in [-0.4, -0.2) is 56.5 Å². The monoisotopic (exact) mass is 384 g/mol. The van der Waals surface area contributed by atoms with Gasteiger partial charge < -0.3 is 34.4 Å². The SMILES string of the molecule is O=c1ccn([C@@H](CO)O[C@@H](CO)[C@H](O)CP(=O)([O-])[O-])c(=O)[nH]1.[Na+].[Na+]. The molecule has 0 saturated carbocycles. The van der Waals surface area contributed by atoms with Crippen molar-refractivity contribution >= 4 is 7.60 Å². The summed E-state index contributed by atoms with van der Waals surface area (Å²) in [5.74, 6) is 0. The number of aromatic nitrogens is 2. The largest absolute Gasteiger partial charge is 1.00 e. The van der Waals surface area contributed by atoms with E-state index >= 15 is 0 Å². The number of aromatic amines is 1. The zero-order valence-electron chi connectivity index (χ0n) is 13.2. The van der Waals surface area contributed by atoms with Crippen molar-refractivity contribution in [3.8, 4) is 0 Å². The van der Waals surface area contributed by atoms with E-state index in [0.29, 0.717) is 0 Å². The smallest absolute Gasteiger partial charge is 0.811 e. The first-order valence-corrected chi connectivity index (χ1v) is 7.78. The average Bonchev–Trinajstić information content (AvgIpc) is 2.39. The predicted molar refractivity (Wildman–Crippen MR) is 67.9 cm³/mol. The number of hydrogen-bond acceptors (Lipinski definition) is 9. The Morgan fingerprint density at radius 1 is 1.25 bits per heavy atom. The maximum absolute atomic E-state index is 11.6. The van der Waals surface area contributed by atoms with Crippen LogP contribution in [0.25, 0.3) is 0 Å². The molecule has 4 N–H and O–H groups in total. The molecule has 0 spiro atoms. The van der Waals surface area contributed by atoms with Gasteiger partial charge in [0.1, 0.15) is 6.10 Å². The van der Waals surface area contributed by atoms with E-state index in [0.717, 1.165) is 16.8 Å². The van der Waals surface area contributed by atoms with E-state index in [1.807, 2.05) is 4.98 Å². The second kappa shape index (κ2) is 12.1. The summed E-state index contributed by atoms with van der Waals surface area (Å²) in [6.45, 7) is -1.64. The molecule has 0 aromatic carbocycles. The summed E-state index contributed by atoms with van der Waals surface area (Å²) < 4.78 is 16.4. The van der Waals surface area contributed by atoms with Gasteiger partial charge in [-0.3, -0.25) is 14.3 Å². The molecule has 3 atom stereocenters. The number of H-pyrrole nitrogens is 1. The molecule has 0 aliphatic rings. The van der Waals surface area contributed by atoms with Gasteiger partial charge in [0.15, 0.2) is 6.23 Å². The topological polar surface area (TPSA) is 188 Å². The van der Waals surface area contributed by atoms with E-state index in [9.17, 15) is 34.2 Å². The van der Waals surface area contributed by atoms with E-state index in [1.165, 1.54) is 0 Å². The molecule has 0 aliphatic carbocycles. The van der Waals surface area contributed by atoms with Crippen LogP contribution in [0.1, 0.15) is 6.23 Å². The third-order valence-corrected chi connectivity index (χ3v) is 3.49. The molecule has 24 heavy (non-hydrogen) atoms. The number of nitrogens with zero attached hydrogens (tertiary/aromatic N) is 1. The van der Waals surface area contributed by atoms with Crippen LogP contribution in [0.3, 0.4) is 0 Å². The number of ether oxygens (including phenoxy) is 1. The summed E-state index contributed by atoms with van der Waals surface area (Å²) in [4.78, 5) is 45.6. The van der Waals surface area contributed by atoms with Gasteiger partial charge in [-0.25, -0.2) is 4.79 Å². The van der Waals surface area contributed by atoms with Crippen LogP contribution < -0.4 is 80.2 Å². The minimum atomic E-state index is -5.05. The maximum Gasteiger partial charge on any atom is 1.00 e. The second-order valence-corrected chi connectivity index (χ2v) is 5.96. The molecule has 0 radical (unpaired) electrons. The predicted octanol–water partition coefficient (Wildman–Crippen LogP) is -10.3. The van der Waals surface area contributed by atoms with Crippen molar-refractivity contribution in [1.29, 1.82) is 0 Å². The van der Waals surface area contributed by atoms with Crippen LogP contribution in [0.15, 0.2) is 21.9 Å². The maximum atomic E-state index is 11.6. The van der Waals surface area contributed by atoms with Crippen molar-refractivity contribution < 1.29 is 93.5 Å². The van der Waals surface area contributed by atoms with E-state index in [2.05, 4.69) is 0 Å². The van der Waals surface area contributed by atoms with E-state index in [4.69, 9.17) is 9.84 Å². The van der Waals surface area contributed by atoms with Crippen molar-refractivity contribution in [2.75, 3.05) is 19.4 Å². The quantitative estimate of drug-likeness (QED) is 0.249. The molecule has 1 heterocycles. The van der Waals surface area contributed by atoms with Gasteiger partial charge in [0.2, 0.25) is 0 Å². The molecule has 0 unspecified atom stereocenters. The van der Waals surface area contributed by atoms with Crippen molar-refractivity contribution in [3.05, 3.63) is 33.1 Å². The Labute approximate surface area is 180 Å². The molecule has 1 rings (SSSR count). The molecule has 0 aliphatic heterocycles. The number of nitrogens with one attached hydrogen (secondary N) is 1. The Bertz CT molecular complexity index is 646. The Morgan fingerprint density at radius 2 is 1.83 bits per heavy atom. The van der Waals surface area contributed by atoms with E-state index in [1.54, 1.807) is 0 Å². The van der Waals surface area contributed by atoms with Crippen LogP contribution in [-0.2, 0) is 9.30 Å². The minimum Gasteiger partial charge on any atom is -0.811 e. The molecule has 0 fully saturated rings. The third-order valence-electron chi connectivity index (χ3n) is 2.67. The van der Waals surface area contributed by atoms with Gasteiger partial charge in [-0.05, 0) is 0 Å². The zero-order valence-corrected chi connectivity index (χ0v) is 18.1. The first kappa shape index (κ1) is 26.9. The van der Waals surface area contributed by atoms with Crippen molar-refractivity contribution in [1.82, 2.24) is 9.55 Å². The summed E-state index contributed by atoms with van der Waals surface area (Å²) >= 11 is 0. The van der Waals surface area contributed by atoms with E-state index in [-0.39, 0.29) is 59.1 Å². The van der Waals surface area contributed by atoms with Gasteiger partial charge in [-0.1, -0.05) is 7.60 Å². The van der Waals surface area contributed by atoms with Gasteiger partial charge >= 0.3 is 64.8 Å². The van der Waals surface area contributed by atoms with E-state index < -0.39 is 56.7 Å². The molecular weight excluding hydrogens is 369 g/mol. The van der Waals surface area contributed by atoms with Crippen LogP contribution in [0, 0.1) is 0 Å². The first-order valence-electron chi connectivity index (χ1n) is 6.05. The molecule has 1 aromatic heterocycles. The second-order valence-electron chi connectivity index (χ2n) is 4.37.